The number of hydrogen-bond donors (Lipinski definition) is 2. The normalized spacial score (nSPS) is 10.4. The van der Waals surface area contributed by atoms with Crippen LogP contribution in [0.5, 0.6) is 0 Å². The summed E-state index contributed by atoms with van der Waals surface area (Å²) in [4.78, 5) is 23.6. The SMILES string of the molecule is CCC(CC)C(=O)NCCNC(=O)c1cccc(C)c1. The van der Waals surface area contributed by atoms with E-state index in [1.54, 1.807) is 6.07 Å². The van der Waals surface area contributed by atoms with Crippen LogP contribution < -0.4 is 10.6 Å². The summed E-state index contributed by atoms with van der Waals surface area (Å²) in [6.45, 7) is 6.87. The molecule has 0 atom stereocenters. The van der Waals surface area contributed by atoms with Gasteiger partial charge in [-0.05, 0) is 31.9 Å². The largest absolute Gasteiger partial charge is 0.354 e. The van der Waals surface area contributed by atoms with Crippen molar-refractivity contribution in [1.29, 1.82) is 0 Å². The highest BCUT2D eigenvalue weighted by Crippen LogP contribution is 2.06. The molecule has 0 heterocycles. The third-order valence-electron chi connectivity index (χ3n) is 3.35. The van der Waals surface area contributed by atoms with Gasteiger partial charge in [0.2, 0.25) is 5.91 Å². The van der Waals surface area contributed by atoms with Crippen molar-refractivity contribution in [3.8, 4) is 0 Å². The molecule has 0 saturated carbocycles. The number of nitrogens with one attached hydrogen (secondary N) is 2. The Kier molecular flexibility index (Phi) is 6.77. The molecular formula is C16H24N2O2. The maximum absolute atomic E-state index is 11.9. The van der Waals surface area contributed by atoms with Gasteiger partial charge in [0.15, 0.2) is 0 Å². The van der Waals surface area contributed by atoms with Crippen LogP contribution in [0.3, 0.4) is 0 Å². The van der Waals surface area contributed by atoms with E-state index >= 15 is 0 Å². The van der Waals surface area contributed by atoms with Crippen LogP contribution in [0, 0.1) is 12.8 Å². The molecule has 0 aliphatic carbocycles. The first-order valence-corrected chi connectivity index (χ1v) is 7.21. The molecule has 2 amide bonds. The van der Waals surface area contributed by atoms with Crippen LogP contribution in [0.25, 0.3) is 0 Å². The van der Waals surface area contributed by atoms with Crippen LogP contribution in [0.1, 0.15) is 42.6 Å². The summed E-state index contributed by atoms with van der Waals surface area (Å²) in [6.07, 6.45) is 1.69. The molecule has 0 bridgehead atoms. The summed E-state index contributed by atoms with van der Waals surface area (Å²) in [5.41, 5.74) is 1.70. The minimum atomic E-state index is -0.106. The van der Waals surface area contributed by atoms with Gasteiger partial charge in [-0.15, -0.1) is 0 Å². The van der Waals surface area contributed by atoms with E-state index < -0.39 is 0 Å². The van der Waals surface area contributed by atoms with E-state index in [1.165, 1.54) is 0 Å². The lowest BCUT2D eigenvalue weighted by atomic mass is 10.0. The Morgan fingerprint density at radius 2 is 1.75 bits per heavy atom. The molecule has 110 valence electrons. The molecule has 1 rings (SSSR count). The van der Waals surface area contributed by atoms with Crippen molar-refractivity contribution in [3.05, 3.63) is 35.4 Å². The first-order valence-electron chi connectivity index (χ1n) is 7.21. The zero-order chi connectivity index (χ0) is 15.0. The van der Waals surface area contributed by atoms with Crippen LogP contribution in [0.2, 0.25) is 0 Å². The average Bonchev–Trinajstić information content (AvgIpc) is 2.44. The smallest absolute Gasteiger partial charge is 0.251 e. The number of rotatable bonds is 7. The van der Waals surface area contributed by atoms with Gasteiger partial charge < -0.3 is 10.6 Å². The second-order valence-electron chi connectivity index (χ2n) is 4.93. The van der Waals surface area contributed by atoms with Crippen LogP contribution in [-0.4, -0.2) is 24.9 Å². The molecule has 0 aliphatic rings. The van der Waals surface area contributed by atoms with Gasteiger partial charge in [-0.1, -0.05) is 31.5 Å². The zero-order valence-corrected chi connectivity index (χ0v) is 12.5. The van der Waals surface area contributed by atoms with Crippen LogP contribution in [0.4, 0.5) is 0 Å². The molecule has 2 N–H and O–H groups in total. The molecule has 0 aliphatic heterocycles. The highest BCUT2D eigenvalue weighted by molar-refractivity contribution is 5.94. The molecule has 4 nitrogen and oxygen atoms in total. The van der Waals surface area contributed by atoms with Gasteiger partial charge in [0.25, 0.3) is 5.91 Å². The van der Waals surface area contributed by atoms with Crippen molar-refractivity contribution in [2.75, 3.05) is 13.1 Å². The minimum Gasteiger partial charge on any atom is -0.354 e. The number of hydrogen-bond acceptors (Lipinski definition) is 2. The fraction of sp³-hybridized carbons (Fsp3) is 0.500. The van der Waals surface area contributed by atoms with Gasteiger partial charge in [0, 0.05) is 24.6 Å². The predicted molar refractivity (Wildman–Crippen MR) is 80.6 cm³/mol. The Morgan fingerprint density at radius 1 is 1.10 bits per heavy atom. The van der Waals surface area contributed by atoms with Gasteiger partial charge in [0.1, 0.15) is 0 Å². The minimum absolute atomic E-state index is 0.0693. The summed E-state index contributed by atoms with van der Waals surface area (Å²) in [5, 5.41) is 5.65. The lowest BCUT2D eigenvalue weighted by Crippen LogP contribution is -2.37. The third kappa shape index (κ3) is 5.03. The zero-order valence-electron chi connectivity index (χ0n) is 12.5. The van der Waals surface area contributed by atoms with Gasteiger partial charge in [-0.25, -0.2) is 0 Å². The Balaban J connectivity index is 2.31. The molecule has 0 unspecified atom stereocenters. The van der Waals surface area contributed by atoms with Crippen molar-refractivity contribution >= 4 is 11.8 Å². The number of benzene rings is 1. The van der Waals surface area contributed by atoms with Crippen molar-refractivity contribution in [2.45, 2.75) is 33.6 Å². The highest BCUT2D eigenvalue weighted by atomic mass is 16.2. The molecule has 0 spiro atoms. The molecule has 0 aromatic heterocycles. The van der Waals surface area contributed by atoms with Crippen molar-refractivity contribution in [1.82, 2.24) is 10.6 Å². The van der Waals surface area contributed by atoms with Crippen molar-refractivity contribution < 1.29 is 9.59 Å². The topological polar surface area (TPSA) is 58.2 Å². The molecule has 20 heavy (non-hydrogen) atoms. The summed E-state index contributed by atoms with van der Waals surface area (Å²) in [6, 6.07) is 7.44. The maximum atomic E-state index is 11.9. The first kappa shape index (κ1) is 16.2. The molecule has 0 radical (unpaired) electrons. The van der Waals surface area contributed by atoms with Gasteiger partial charge in [-0.3, -0.25) is 9.59 Å². The Hall–Kier alpha value is -1.84. The number of aryl methyl sites for hydroxylation is 1. The van der Waals surface area contributed by atoms with Crippen molar-refractivity contribution in [3.63, 3.8) is 0 Å². The fourth-order valence-electron chi connectivity index (χ4n) is 2.05. The number of amides is 2. The van der Waals surface area contributed by atoms with E-state index in [-0.39, 0.29) is 17.7 Å². The molecule has 1 aromatic carbocycles. The third-order valence-corrected chi connectivity index (χ3v) is 3.35. The second-order valence-corrected chi connectivity index (χ2v) is 4.93. The van der Waals surface area contributed by atoms with Crippen LogP contribution in [0.15, 0.2) is 24.3 Å². The Morgan fingerprint density at radius 3 is 2.35 bits per heavy atom. The number of carbonyl (C=O) groups excluding carboxylic acids is 2. The standard InChI is InChI=1S/C16H24N2O2/c1-4-13(5-2)15(19)17-9-10-18-16(20)14-8-6-7-12(3)11-14/h6-8,11,13H,4-5,9-10H2,1-3H3,(H,17,19)(H,18,20). The Labute approximate surface area is 121 Å². The van der Waals surface area contributed by atoms with Gasteiger partial charge in [-0.2, -0.15) is 0 Å². The second kappa shape index (κ2) is 8.35. The van der Waals surface area contributed by atoms with Crippen LogP contribution >= 0.6 is 0 Å². The van der Waals surface area contributed by atoms with E-state index in [0.29, 0.717) is 18.7 Å². The quantitative estimate of drug-likeness (QED) is 0.751. The summed E-state index contributed by atoms with van der Waals surface area (Å²) < 4.78 is 0. The lowest BCUT2D eigenvalue weighted by molar-refractivity contribution is -0.125. The molecule has 4 heteroatoms. The Bertz CT molecular complexity index is 454. The van der Waals surface area contributed by atoms with Gasteiger partial charge in [0.05, 0.1) is 0 Å². The predicted octanol–water partition coefficient (Wildman–Crippen LogP) is 2.28. The van der Waals surface area contributed by atoms with E-state index in [0.717, 1.165) is 18.4 Å². The van der Waals surface area contributed by atoms with Crippen LogP contribution in [-0.2, 0) is 4.79 Å². The van der Waals surface area contributed by atoms with E-state index in [1.807, 2.05) is 39.0 Å². The van der Waals surface area contributed by atoms with E-state index in [2.05, 4.69) is 10.6 Å². The molecular weight excluding hydrogens is 252 g/mol. The van der Waals surface area contributed by atoms with E-state index in [4.69, 9.17) is 0 Å². The molecule has 1 aromatic rings. The monoisotopic (exact) mass is 276 g/mol. The maximum Gasteiger partial charge on any atom is 0.251 e. The fourth-order valence-corrected chi connectivity index (χ4v) is 2.05. The number of carbonyl (C=O) groups is 2. The highest BCUT2D eigenvalue weighted by Gasteiger charge is 2.13. The molecule has 0 fully saturated rings. The summed E-state index contributed by atoms with van der Waals surface area (Å²) in [5.74, 6) is 0.0350. The average molecular weight is 276 g/mol. The summed E-state index contributed by atoms with van der Waals surface area (Å²) >= 11 is 0. The lowest BCUT2D eigenvalue weighted by Gasteiger charge is -2.13. The molecule has 0 saturated heterocycles. The first-order chi connectivity index (χ1) is 9.58. The summed E-state index contributed by atoms with van der Waals surface area (Å²) in [7, 11) is 0. The van der Waals surface area contributed by atoms with Gasteiger partial charge >= 0.3 is 0 Å². The van der Waals surface area contributed by atoms with Crippen molar-refractivity contribution in [2.24, 2.45) is 5.92 Å². The van der Waals surface area contributed by atoms with E-state index in [9.17, 15) is 9.59 Å².